The molecule has 0 aliphatic carbocycles. The Labute approximate surface area is 160 Å². The number of hydrogen-bond acceptors (Lipinski definition) is 7. The van der Waals surface area contributed by atoms with Gasteiger partial charge in [0.25, 0.3) is 0 Å². The summed E-state index contributed by atoms with van der Waals surface area (Å²) in [6.07, 6.45) is 4.93. The molecule has 0 saturated heterocycles. The van der Waals surface area contributed by atoms with Crippen LogP contribution in [0.15, 0.2) is 43.0 Å². The number of pyridine rings is 2. The van der Waals surface area contributed by atoms with Crippen molar-refractivity contribution in [3.05, 3.63) is 48.7 Å². The van der Waals surface area contributed by atoms with Crippen LogP contribution in [0.2, 0.25) is 0 Å². The van der Waals surface area contributed by atoms with Crippen LogP contribution in [-0.2, 0) is 4.79 Å². The molecule has 5 rings (SSSR count). The monoisotopic (exact) mass is 372 g/mol. The molecule has 0 atom stereocenters. The lowest BCUT2D eigenvalue weighted by atomic mass is 10.2. The number of amides is 1. The van der Waals surface area contributed by atoms with Gasteiger partial charge in [0.05, 0.1) is 18.2 Å². The molecule has 1 amide bonds. The lowest BCUT2D eigenvalue weighted by Gasteiger charge is -2.34. The van der Waals surface area contributed by atoms with Crippen LogP contribution < -0.4 is 9.80 Å². The van der Waals surface area contributed by atoms with E-state index >= 15 is 0 Å². The zero-order valence-corrected chi connectivity index (χ0v) is 15.3. The van der Waals surface area contributed by atoms with E-state index in [0.29, 0.717) is 34.2 Å². The summed E-state index contributed by atoms with van der Waals surface area (Å²) in [5, 5.41) is 0. The number of aromatic amines is 1. The molecule has 0 fully saturated rings. The predicted molar refractivity (Wildman–Crippen MR) is 104 cm³/mol. The van der Waals surface area contributed by atoms with Crippen molar-refractivity contribution >= 4 is 34.3 Å². The Morgan fingerprint density at radius 1 is 1.07 bits per heavy atom. The lowest BCUT2D eigenvalue weighted by Crippen LogP contribution is -2.42. The SMILES string of the molecule is Cc1cccc(-c2ncc3c(n2)N(c2ccnc4[nH]cnc24)CC(=O)N3C)n1. The lowest BCUT2D eigenvalue weighted by molar-refractivity contribution is -0.117. The fraction of sp³-hybridized carbons (Fsp3) is 0.158. The number of carbonyl (C=O) groups excluding carboxylic acids is 1. The second-order valence-corrected chi connectivity index (χ2v) is 6.54. The van der Waals surface area contributed by atoms with Crippen molar-refractivity contribution in [1.82, 2.24) is 29.9 Å². The summed E-state index contributed by atoms with van der Waals surface area (Å²) in [5.74, 6) is 1.08. The largest absolute Gasteiger partial charge is 0.329 e. The van der Waals surface area contributed by atoms with Crippen molar-refractivity contribution in [2.45, 2.75) is 6.92 Å². The first-order valence-corrected chi connectivity index (χ1v) is 8.75. The van der Waals surface area contributed by atoms with E-state index < -0.39 is 0 Å². The summed E-state index contributed by atoms with van der Waals surface area (Å²) >= 11 is 0. The van der Waals surface area contributed by atoms with Gasteiger partial charge in [0.15, 0.2) is 17.3 Å². The quantitative estimate of drug-likeness (QED) is 0.575. The highest BCUT2D eigenvalue weighted by atomic mass is 16.2. The van der Waals surface area contributed by atoms with Crippen LogP contribution in [0.25, 0.3) is 22.7 Å². The summed E-state index contributed by atoms with van der Waals surface area (Å²) in [6, 6.07) is 7.54. The van der Waals surface area contributed by atoms with Gasteiger partial charge in [0, 0.05) is 18.9 Å². The molecule has 0 spiro atoms. The Morgan fingerprint density at radius 2 is 1.96 bits per heavy atom. The van der Waals surface area contributed by atoms with Gasteiger partial charge < -0.3 is 14.8 Å². The highest BCUT2D eigenvalue weighted by Gasteiger charge is 2.31. The Morgan fingerprint density at radius 3 is 2.82 bits per heavy atom. The summed E-state index contributed by atoms with van der Waals surface area (Å²) < 4.78 is 0. The molecular weight excluding hydrogens is 356 g/mol. The van der Waals surface area contributed by atoms with Crippen LogP contribution in [0.4, 0.5) is 17.2 Å². The van der Waals surface area contributed by atoms with E-state index in [9.17, 15) is 4.79 Å². The van der Waals surface area contributed by atoms with Gasteiger partial charge in [0.1, 0.15) is 23.4 Å². The number of likely N-dealkylation sites (N-methyl/N-ethyl adjacent to an activating group) is 1. The third kappa shape index (κ3) is 2.48. The van der Waals surface area contributed by atoms with Crippen LogP contribution in [0.3, 0.4) is 0 Å². The molecule has 9 nitrogen and oxygen atoms in total. The van der Waals surface area contributed by atoms with Gasteiger partial charge in [-0.1, -0.05) is 6.07 Å². The number of fused-ring (bicyclic) bond motifs is 2. The molecule has 0 unspecified atom stereocenters. The second kappa shape index (κ2) is 6.08. The first kappa shape index (κ1) is 16.3. The summed E-state index contributed by atoms with van der Waals surface area (Å²) in [7, 11) is 1.73. The van der Waals surface area contributed by atoms with Crippen molar-refractivity contribution < 1.29 is 4.79 Å². The Kier molecular flexibility index (Phi) is 3.54. The van der Waals surface area contributed by atoms with E-state index in [1.54, 1.807) is 30.7 Å². The Bertz CT molecular complexity index is 1220. The van der Waals surface area contributed by atoms with E-state index in [-0.39, 0.29) is 12.5 Å². The van der Waals surface area contributed by atoms with Gasteiger partial charge in [-0.25, -0.2) is 24.9 Å². The zero-order valence-electron chi connectivity index (χ0n) is 15.3. The molecule has 28 heavy (non-hydrogen) atoms. The minimum Gasteiger partial charge on any atom is -0.329 e. The van der Waals surface area contributed by atoms with Gasteiger partial charge in [-0.15, -0.1) is 0 Å². The minimum atomic E-state index is -0.0574. The smallest absolute Gasteiger partial charge is 0.246 e. The number of imidazole rings is 1. The summed E-state index contributed by atoms with van der Waals surface area (Å²) in [6.45, 7) is 2.07. The van der Waals surface area contributed by atoms with Crippen LogP contribution >= 0.6 is 0 Å². The second-order valence-electron chi connectivity index (χ2n) is 6.54. The molecule has 1 aliphatic rings. The maximum atomic E-state index is 12.6. The molecule has 0 aromatic carbocycles. The predicted octanol–water partition coefficient (Wildman–Crippen LogP) is 2.23. The maximum absolute atomic E-state index is 12.6. The van der Waals surface area contributed by atoms with Crippen molar-refractivity contribution in [2.75, 3.05) is 23.4 Å². The molecule has 1 N–H and O–H groups in total. The minimum absolute atomic E-state index is 0.0574. The van der Waals surface area contributed by atoms with Gasteiger partial charge in [0.2, 0.25) is 5.91 Å². The average molecular weight is 372 g/mol. The Balaban J connectivity index is 1.71. The number of anilines is 3. The van der Waals surface area contributed by atoms with Crippen LogP contribution in [0.5, 0.6) is 0 Å². The third-order valence-electron chi connectivity index (χ3n) is 4.74. The number of aromatic nitrogens is 6. The number of rotatable bonds is 2. The van der Waals surface area contributed by atoms with Crippen molar-refractivity contribution in [3.63, 3.8) is 0 Å². The number of H-pyrrole nitrogens is 1. The van der Waals surface area contributed by atoms with Gasteiger partial charge >= 0.3 is 0 Å². The van der Waals surface area contributed by atoms with E-state index in [2.05, 4.69) is 24.9 Å². The van der Waals surface area contributed by atoms with Gasteiger partial charge in [-0.05, 0) is 25.1 Å². The highest BCUT2D eigenvalue weighted by molar-refractivity contribution is 6.05. The van der Waals surface area contributed by atoms with Crippen molar-refractivity contribution in [3.8, 4) is 11.5 Å². The van der Waals surface area contributed by atoms with E-state index in [1.807, 2.05) is 36.1 Å². The molecule has 138 valence electrons. The number of carbonyl (C=O) groups is 1. The molecule has 4 aromatic heterocycles. The normalized spacial score (nSPS) is 13.9. The molecule has 0 bridgehead atoms. The standard InChI is InChI=1S/C19H16N8O/c1-11-4-3-5-12(24-11)17-21-8-14-19(25-17)27(9-15(28)26(14)2)13-6-7-20-18-16(13)22-10-23-18/h3-8,10H,9H2,1-2H3,(H,20,22,23). The third-order valence-corrected chi connectivity index (χ3v) is 4.74. The van der Waals surface area contributed by atoms with Crippen LogP contribution in [0.1, 0.15) is 5.69 Å². The summed E-state index contributed by atoms with van der Waals surface area (Å²) in [5.41, 5.74) is 4.29. The maximum Gasteiger partial charge on any atom is 0.246 e. The highest BCUT2D eigenvalue weighted by Crippen LogP contribution is 2.38. The molecule has 1 aliphatic heterocycles. The van der Waals surface area contributed by atoms with E-state index in [4.69, 9.17) is 4.98 Å². The molecule has 4 aromatic rings. The topological polar surface area (TPSA) is 104 Å². The zero-order chi connectivity index (χ0) is 19.3. The van der Waals surface area contributed by atoms with Gasteiger partial charge in [-0.3, -0.25) is 4.79 Å². The van der Waals surface area contributed by atoms with Crippen LogP contribution in [-0.4, -0.2) is 49.4 Å². The van der Waals surface area contributed by atoms with Crippen LogP contribution in [0, 0.1) is 6.92 Å². The number of aryl methyl sites for hydroxylation is 1. The molecule has 0 radical (unpaired) electrons. The fourth-order valence-corrected chi connectivity index (χ4v) is 3.29. The van der Waals surface area contributed by atoms with E-state index in [0.717, 1.165) is 11.4 Å². The van der Waals surface area contributed by atoms with E-state index in [1.165, 1.54) is 0 Å². The number of nitrogens with one attached hydrogen (secondary N) is 1. The van der Waals surface area contributed by atoms with Crippen molar-refractivity contribution in [1.29, 1.82) is 0 Å². The molecular formula is C19H16N8O. The molecule has 0 saturated carbocycles. The van der Waals surface area contributed by atoms with Crippen molar-refractivity contribution in [2.24, 2.45) is 0 Å². The first-order chi connectivity index (χ1) is 13.6. The average Bonchev–Trinajstić information content (AvgIpc) is 3.19. The molecule has 9 heteroatoms. The molecule has 5 heterocycles. The fourth-order valence-electron chi connectivity index (χ4n) is 3.29. The summed E-state index contributed by atoms with van der Waals surface area (Å²) in [4.78, 5) is 41.4. The number of nitrogens with zero attached hydrogens (tertiary/aromatic N) is 7. The Hall–Kier alpha value is -3.88. The number of hydrogen-bond donors (Lipinski definition) is 1. The van der Waals surface area contributed by atoms with Gasteiger partial charge in [-0.2, -0.15) is 0 Å². The first-order valence-electron chi connectivity index (χ1n) is 8.75.